The molecule has 0 amide bonds. The molecule has 3 nitrogen and oxygen atoms in total. The first-order chi connectivity index (χ1) is 7.59. The maximum atomic E-state index is 3.66. The fourth-order valence-electron chi connectivity index (χ4n) is 3.21. The van der Waals surface area contributed by atoms with E-state index in [0.717, 1.165) is 6.04 Å². The Bertz CT molecular complexity index is 215. The van der Waals surface area contributed by atoms with Crippen molar-refractivity contribution in [3.63, 3.8) is 0 Å². The van der Waals surface area contributed by atoms with E-state index >= 15 is 0 Å². The number of nitrogens with one attached hydrogen (secondary N) is 1. The molecule has 16 heavy (non-hydrogen) atoms. The van der Waals surface area contributed by atoms with Crippen LogP contribution < -0.4 is 5.32 Å². The van der Waals surface area contributed by atoms with Gasteiger partial charge in [-0.15, -0.1) is 0 Å². The van der Waals surface area contributed by atoms with Crippen molar-refractivity contribution in [2.24, 2.45) is 0 Å². The van der Waals surface area contributed by atoms with Crippen LogP contribution >= 0.6 is 0 Å². The smallest absolute Gasteiger partial charge is 0.0280 e. The Morgan fingerprint density at radius 1 is 1.38 bits per heavy atom. The molecule has 2 saturated heterocycles. The zero-order valence-electron chi connectivity index (χ0n) is 11.1. The summed E-state index contributed by atoms with van der Waals surface area (Å²) in [6, 6.07) is 0.801. The van der Waals surface area contributed by atoms with Gasteiger partial charge in [-0.3, -0.25) is 0 Å². The predicted octanol–water partition coefficient (Wildman–Crippen LogP) is 1.15. The Morgan fingerprint density at radius 3 is 2.62 bits per heavy atom. The van der Waals surface area contributed by atoms with Crippen LogP contribution in [0.4, 0.5) is 0 Å². The number of likely N-dealkylation sites (N-methyl/N-ethyl adjacent to an activating group) is 1. The van der Waals surface area contributed by atoms with Crippen LogP contribution in [0.2, 0.25) is 0 Å². The van der Waals surface area contributed by atoms with Crippen molar-refractivity contribution in [1.82, 2.24) is 15.1 Å². The van der Waals surface area contributed by atoms with Crippen molar-refractivity contribution in [1.29, 1.82) is 0 Å². The summed E-state index contributed by atoms with van der Waals surface area (Å²) >= 11 is 0. The van der Waals surface area contributed by atoms with Gasteiger partial charge in [0.25, 0.3) is 0 Å². The van der Waals surface area contributed by atoms with Crippen LogP contribution in [0, 0.1) is 0 Å². The zero-order valence-corrected chi connectivity index (χ0v) is 11.1. The Labute approximate surface area is 100 Å². The number of rotatable bonds is 3. The average Bonchev–Trinajstić information content (AvgIpc) is 2.65. The minimum absolute atomic E-state index is 0.373. The second kappa shape index (κ2) is 5.03. The van der Waals surface area contributed by atoms with E-state index in [1.807, 2.05) is 0 Å². The quantitative estimate of drug-likeness (QED) is 0.777. The van der Waals surface area contributed by atoms with Crippen molar-refractivity contribution in [2.45, 2.75) is 44.2 Å². The van der Waals surface area contributed by atoms with Gasteiger partial charge in [0.15, 0.2) is 0 Å². The monoisotopic (exact) mass is 225 g/mol. The fourth-order valence-corrected chi connectivity index (χ4v) is 3.21. The lowest BCUT2D eigenvalue weighted by atomic mass is 9.97. The Morgan fingerprint density at radius 2 is 2.06 bits per heavy atom. The third-order valence-electron chi connectivity index (χ3n) is 4.37. The van der Waals surface area contributed by atoms with E-state index in [9.17, 15) is 0 Å². The maximum Gasteiger partial charge on any atom is 0.0280 e. The molecule has 2 fully saturated rings. The van der Waals surface area contributed by atoms with Crippen molar-refractivity contribution >= 4 is 0 Å². The predicted molar refractivity (Wildman–Crippen MR) is 68.8 cm³/mol. The molecular formula is C13H27N3. The third kappa shape index (κ3) is 2.96. The SMILES string of the molecule is CN1CCC(N(C)CC2(C)CCCN2)CC1. The number of likely N-dealkylation sites (tertiary alicyclic amines) is 1. The Hall–Kier alpha value is -0.120. The highest BCUT2D eigenvalue weighted by molar-refractivity contribution is 4.92. The third-order valence-corrected chi connectivity index (χ3v) is 4.37. The van der Waals surface area contributed by atoms with Gasteiger partial charge >= 0.3 is 0 Å². The lowest BCUT2D eigenvalue weighted by Crippen LogP contribution is -2.51. The van der Waals surface area contributed by atoms with Gasteiger partial charge < -0.3 is 15.1 Å². The molecule has 94 valence electrons. The summed E-state index contributed by atoms with van der Waals surface area (Å²) in [5.41, 5.74) is 0.373. The van der Waals surface area contributed by atoms with E-state index in [4.69, 9.17) is 0 Å². The van der Waals surface area contributed by atoms with Gasteiger partial charge in [-0.2, -0.15) is 0 Å². The van der Waals surface area contributed by atoms with Crippen LogP contribution in [0.5, 0.6) is 0 Å². The molecule has 0 spiro atoms. The van der Waals surface area contributed by atoms with Gasteiger partial charge in [0.1, 0.15) is 0 Å². The first kappa shape index (κ1) is 12.3. The van der Waals surface area contributed by atoms with E-state index in [2.05, 4.69) is 36.1 Å². The van der Waals surface area contributed by atoms with E-state index < -0.39 is 0 Å². The zero-order chi connectivity index (χ0) is 11.6. The summed E-state index contributed by atoms with van der Waals surface area (Å²) in [7, 11) is 4.54. The molecule has 1 atom stereocenters. The minimum Gasteiger partial charge on any atom is -0.310 e. The molecule has 1 N–H and O–H groups in total. The van der Waals surface area contributed by atoms with Crippen molar-refractivity contribution in [3.05, 3.63) is 0 Å². The van der Waals surface area contributed by atoms with Gasteiger partial charge in [-0.05, 0) is 66.3 Å². The normalized spacial score (nSPS) is 33.8. The molecule has 2 rings (SSSR count). The number of piperidine rings is 1. The molecule has 1 unspecified atom stereocenters. The highest BCUT2D eigenvalue weighted by Crippen LogP contribution is 2.22. The van der Waals surface area contributed by atoms with E-state index in [-0.39, 0.29) is 0 Å². The van der Waals surface area contributed by atoms with E-state index in [0.29, 0.717) is 5.54 Å². The second-order valence-electron chi connectivity index (χ2n) is 6.04. The van der Waals surface area contributed by atoms with Crippen LogP contribution in [0.25, 0.3) is 0 Å². The Balaban J connectivity index is 1.81. The maximum absolute atomic E-state index is 3.66. The van der Waals surface area contributed by atoms with Gasteiger partial charge in [-0.1, -0.05) is 0 Å². The largest absolute Gasteiger partial charge is 0.310 e. The van der Waals surface area contributed by atoms with Gasteiger partial charge in [0.05, 0.1) is 0 Å². The Kier molecular flexibility index (Phi) is 3.88. The van der Waals surface area contributed by atoms with Crippen LogP contribution in [-0.2, 0) is 0 Å². The molecule has 2 aliphatic rings. The molecule has 0 aromatic carbocycles. The van der Waals surface area contributed by atoms with Gasteiger partial charge in [0, 0.05) is 18.1 Å². The van der Waals surface area contributed by atoms with Crippen LogP contribution in [0.3, 0.4) is 0 Å². The fraction of sp³-hybridized carbons (Fsp3) is 1.00. The molecule has 0 bridgehead atoms. The summed E-state index contributed by atoms with van der Waals surface area (Å²) in [5.74, 6) is 0. The lowest BCUT2D eigenvalue weighted by molar-refractivity contribution is 0.119. The van der Waals surface area contributed by atoms with Crippen LogP contribution in [0.15, 0.2) is 0 Å². The van der Waals surface area contributed by atoms with Gasteiger partial charge in [0.2, 0.25) is 0 Å². The molecule has 2 aliphatic heterocycles. The molecule has 0 radical (unpaired) electrons. The molecule has 0 aromatic rings. The summed E-state index contributed by atoms with van der Waals surface area (Å²) in [5, 5.41) is 3.66. The average molecular weight is 225 g/mol. The van der Waals surface area contributed by atoms with Crippen LogP contribution in [0.1, 0.15) is 32.6 Å². The first-order valence-corrected chi connectivity index (χ1v) is 6.73. The molecule has 0 saturated carbocycles. The van der Waals surface area contributed by atoms with Crippen LogP contribution in [-0.4, -0.2) is 61.7 Å². The second-order valence-corrected chi connectivity index (χ2v) is 6.04. The van der Waals surface area contributed by atoms with E-state index in [1.165, 1.54) is 51.9 Å². The summed E-state index contributed by atoms with van der Waals surface area (Å²) in [6.45, 7) is 7.32. The summed E-state index contributed by atoms with van der Waals surface area (Å²) < 4.78 is 0. The summed E-state index contributed by atoms with van der Waals surface area (Å²) in [4.78, 5) is 5.03. The molecular weight excluding hydrogens is 198 g/mol. The topological polar surface area (TPSA) is 18.5 Å². The molecule has 2 heterocycles. The molecule has 0 aromatic heterocycles. The highest BCUT2D eigenvalue weighted by atomic mass is 15.2. The summed E-state index contributed by atoms with van der Waals surface area (Å²) in [6.07, 6.45) is 5.36. The van der Waals surface area contributed by atoms with Crippen molar-refractivity contribution in [3.8, 4) is 0 Å². The minimum atomic E-state index is 0.373. The lowest BCUT2D eigenvalue weighted by Gasteiger charge is -2.39. The van der Waals surface area contributed by atoms with E-state index in [1.54, 1.807) is 0 Å². The number of nitrogens with zero attached hydrogens (tertiary/aromatic N) is 2. The van der Waals surface area contributed by atoms with Crippen molar-refractivity contribution < 1.29 is 0 Å². The highest BCUT2D eigenvalue weighted by Gasteiger charge is 2.31. The number of hydrogen-bond acceptors (Lipinski definition) is 3. The molecule has 0 aliphatic carbocycles. The van der Waals surface area contributed by atoms with Gasteiger partial charge in [-0.25, -0.2) is 0 Å². The van der Waals surface area contributed by atoms with Crippen molar-refractivity contribution in [2.75, 3.05) is 40.3 Å². The molecule has 3 heteroatoms. The number of hydrogen-bond donors (Lipinski definition) is 1. The standard InChI is InChI=1S/C13H27N3/c1-13(7-4-8-14-13)11-16(3)12-5-9-15(2)10-6-12/h12,14H,4-11H2,1-3H3. The first-order valence-electron chi connectivity index (χ1n) is 6.73.